The van der Waals surface area contributed by atoms with E-state index in [1.165, 1.54) is 0 Å². The summed E-state index contributed by atoms with van der Waals surface area (Å²) in [5.74, 6) is 3.49. The summed E-state index contributed by atoms with van der Waals surface area (Å²) in [6.45, 7) is 2.41. The monoisotopic (exact) mass is 556 g/mol. The van der Waals surface area contributed by atoms with Crippen LogP contribution in [0.5, 0.6) is 23.0 Å². The zero-order chi connectivity index (χ0) is 22.2. The summed E-state index contributed by atoms with van der Waals surface area (Å²) >= 11 is 0. The standard InChI is InChI=1S/C23H32N4O4.HI/c1-24-23(25-14-16-12-20(29-3)22(31-5)21(13-16)30-4)26-17-10-11-27(15-17)18-8-6-7-9-19(18)28-2;/h6-9,12-13,17H,10-11,14-15H2,1-5H3,(H2,24,25,26);1H. The van der Waals surface area contributed by atoms with Gasteiger partial charge in [-0.1, -0.05) is 12.1 Å². The number of guanidine groups is 1. The van der Waals surface area contributed by atoms with Crippen molar-refractivity contribution in [2.75, 3.05) is 53.5 Å². The lowest BCUT2D eigenvalue weighted by atomic mass is 10.2. The van der Waals surface area contributed by atoms with Gasteiger partial charge in [-0.05, 0) is 36.2 Å². The molecule has 1 fully saturated rings. The molecule has 1 unspecified atom stereocenters. The van der Waals surface area contributed by atoms with Crippen LogP contribution in [-0.2, 0) is 6.54 Å². The Hall–Kier alpha value is -2.56. The number of ether oxygens (including phenoxy) is 4. The zero-order valence-corrected chi connectivity index (χ0v) is 21.6. The van der Waals surface area contributed by atoms with Gasteiger partial charge in [0, 0.05) is 32.7 Å². The lowest BCUT2D eigenvalue weighted by molar-refractivity contribution is 0.323. The van der Waals surface area contributed by atoms with Crippen LogP contribution in [0.1, 0.15) is 12.0 Å². The highest BCUT2D eigenvalue weighted by molar-refractivity contribution is 14.0. The number of para-hydroxylation sites is 2. The van der Waals surface area contributed by atoms with Crippen molar-refractivity contribution >= 4 is 35.6 Å². The molecular formula is C23H33IN4O4. The van der Waals surface area contributed by atoms with Gasteiger partial charge >= 0.3 is 0 Å². The molecule has 3 rings (SSSR count). The number of hydrogen-bond acceptors (Lipinski definition) is 6. The van der Waals surface area contributed by atoms with Crippen molar-refractivity contribution in [3.05, 3.63) is 42.0 Å². The van der Waals surface area contributed by atoms with Crippen molar-refractivity contribution in [2.45, 2.75) is 19.0 Å². The summed E-state index contributed by atoms with van der Waals surface area (Å²) in [5, 5.41) is 6.90. The van der Waals surface area contributed by atoms with Crippen LogP contribution < -0.4 is 34.5 Å². The molecule has 0 spiro atoms. The molecule has 9 heteroatoms. The average Bonchev–Trinajstić information content (AvgIpc) is 3.29. The Morgan fingerprint density at radius 2 is 1.66 bits per heavy atom. The maximum Gasteiger partial charge on any atom is 0.203 e. The van der Waals surface area contributed by atoms with Gasteiger partial charge in [-0.3, -0.25) is 4.99 Å². The molecule has 2 aromatic carbocycles. The lowest BCUT2D eigenvalue weighted by Crippen LogP contribution is -2.44. The fourth-order valence-corrected chi connectivity index (χ4v) is 3.80. The molecule has 2 N–H and O–H groups in total. The lowest BCUT2D eigenvalue weighted by Gasteiger charge is -2.22. The van der Waals surface area contributed by atoms with E-state index in [0.717, 1.165) is 42.5 Å². The molecule has 32 heavy (non-hydrogen) atoms. The molecule has 1 atom stereocenters. The second-order valence-electron chi connectivity index (χ2n) is 7.21. The van der Waals surface area contributed by atoms with E-state index in [1.807, 2.05) is 30.3 Å². The van der Waals surface area contributed by atoms with Crippen molar-refractivity contribution in [1.82, 2.24) is 10.6 Å². The van der Waals surface area contributed by atoms with E-state index in [0.29, 0.717) is 23.8 Å². The minimum Gasteiger partial charge on any atom is -0.495 e. The maximum atomic E-state index is 5.51. The highest BCUT2D eigenvalue weighted by Crippen LogP contribution is 2.38. The molecule has 1 saturated heterocycles. The van der Waals surface area contributed by atoms with E-state index in [-0.39, 0.29) is 30.0 Å². The predicted molar refractivity (Wildman–Crippen MR) is 138 cm³/mol. The van der Waals surface area contributed by atoms with Crippen LogP contribution in [-0.4, -0.2) is 60.6 Å². The first-order valence-corrected chi connectivity index (χ1v) is 10.3. The van der Waals surface area contributed by atoms with Crippen LogP contribution in [0.25, 0.3) is 0 Å². The quantitative estimate of drug-likeness (QED) is 0.294. The third-order valence-corrected chi connectivity index (χ3v) is 5.36. The molecule has 8 nitrogen and oxygen atoms in total. The van der Waals surface area contributed by atoms with Crippen LogP contribution in [0.15, 0.2) is 41.4 Å². The fourth-order valence-electron chi connectivity index (χ4n) is 3.80. The van der Waals surface area contributed by atoms with E-state index in [4.69, 9.17) is 18.9 Å². The van der Waals surface area contributed by atoms with Gasteiger partial charge in [0.15, 0.2) is 17.5 Å². The van der Waals surface area contributed by atoms with Crippen molar-refractivity contribution < 1.29 is 18.9 Å². The third kappa shape index (κ3) is 6.02. The first-order valence-electron chi connectivity index (χ1n) is 10.3. The molecule has 0 amide bonds. The molecule has 0 saturated carbocycles. The molecular weight excluding hydrogens is 523 g/mol. The van der Waals surface area contributed by atoms with Gasteiger partial charge in [-0.15, -0.1) is 24.0 Å². The van der Waals surface area contributed by atoms with Gasteiger partial charge < -0.3 is 34.5 Å². The Morgan fingerprint density at radius 3 is 2.25 bits per heavy atom. The van der Waals surface area contributed by atoms with E-state index in [9.17, 15) is 0 Å². The zero-order valence-electron chi connectivity index (χ0n) is 19.3. The van der Waals surface area contributed by atoms with E-state index < -0.39 is 0 Å². The number of aliphatic imine (C=N–C) groups is 1. The number of methoxy groups -OCH3 is 4. The maximum absolute atomic E-state index is 5.51. The average molecular weight is 556 g/mol. The van der Waals surface area contributed by atoms with E-state index >= 15 is 0 Å². The second kappa shape index (κ2) is 12.5. The fraction of sp³-hybridized carbons (Fsp3) is 0.435. The van der Waals surface area contributed by atoms with Gasteiger partial charge in [0.1, 0.15) is 5.75 Å². The van der Waals surface area contributed by atoms with Crippen LogP contribution >= 0.6 is 24.0 Å². The smallest absolute Gasteiger partial charge is 0.203 e. The van der Waals surface area contributed by atoms with Crippen LogP contribution in [0.4, 0.5) is 5.69 Å². The number of halogens is 1. The summed E-state index contributed by atoms with van der Waals surface area (Å²) in [4.78, 5) is 6.72. The third-order valence-electron chi connectivity index (χ3n) is 5.36. The van der Waals surface area contributed by atoms with Crippen LogP contribution in [0.3, 0.4) is 0 Å². The van der Waals surface area contributed by atoms with E-state index in [2.05, 4.69) is 26.6 Å². The molecule has 0 bridgehead atoms. The van der Waals surface area contributed by atoms with E-state index in [1.54, 1.807) is 35.5 Å². The summed E-state index contributed by atoms with van der Waals surface area (Å²) in [5.41, 5.74) is 2.12. The Morgan fingerprint density at radius 1 is 1.00 bits per heavy atom. The van der Waals surface area contributed by atoms with Crippen molar-refractivity contribution in [2.24, 2.45) is 4.99 Å². The van der Waals surface area contributed by atoms with Crippen molar-refractivity contribution in [1.29, 1.82) is 0 Å². The van der Waals surface area contributed by atoms with Crippen LogP contribution in [0, 0.1) is 0 Å². The SMILES string of the molecule is CN=C(NCc1cc(OC)c(OC)c(OC)c1)NC1CCN(c2ccccc2OC)C1.I. The number of rotatable bonds is 8. The van der Waals surface area contributed by atoms with Gasteiger partial charge in [0.25, 0.3) is 0 Å². The molecule has 1 aliphatic heterocycles. The minimum absolute atomic E-state index is 0. The van der Waals surface area contributed by atoms with Crippen LogP contribution in [0.2, 0.25) is 0 Å². The first-order chi connectivity index (χ1) is 15.1. The van der Waals surface area contributed by atoms with Gasteiger partial charge in [-0.25, -0.2) is 0 Å². The summed E-state index contributed by atoms with van der Waals surface area (Å²) in [6.07, 6.45) is 1.02. The Kier molecular flexibility index (Phi) is 10.0. The molecule has 0 aliphatic carbocycles. The highest BCUT2D eigenvalue weighted by atomic mass is 127. The summed E-state index contributed by atoms with van der Waals surface area (Å²) in [6, 6.07) is 12.3. The number of hydrogen-bond donors (Lipinski definition) is 2. The molecule has 2 aromatic rings. The minimum atomic E-state index is 0. The van der Waals surface area contributed by atoms with Gasteiger partial charge in [0.2, 0.25) is 5.75 Å². The summed E-state index contributed by atoms with van der Waals surface area (Å²) in [7, 11) is 8.31. The number of benzene rings is 2. The topological polar surface area (TPSA) is 76.6 Å². The molecule has 0 aromatic heterocycles. The number of nitrogens with one attached hydrogen (secondary N) is 2. The molecule has 1 aliphatic rings. The molecule has 0 radical (unpaired) electrons. The van der Waals surface area contributed by atoms with Gasteiger partial charge in [-0.2, -0.15) is 0 Å². The first kappa shape index (κ1) is 25.7. The Labute approximate surface area is 207 Å². The Bertz CT molecular complexity index is 884. The normalized spacial score (nSPS) is 15.6. The molecule has 176 valence electrons. The largest absolute Gasteiger partial charge is 0.495 e. The second-order valence-corrected chi connectivity index (χ2v) is 7.21. The van der Waals surface area contributed by atoms with Crippen molar-refractivity contribution in [3.63, 3.8) is 0 Å². The van der Waals surface area contributed by atoms with Gasteiger partial charge in [0.05, 0.1) is 34.1 Å². The molecule has 1 heterocycles. The number of anilines is 1. The Balaban J connectivity index is 0.00000363. The highest BCUT2D eigenvalue weighted by Gasteiger charge is 2.25. The number of nitrogens with zero attached hydrogens (tertiary/aromatic N) is 2. The predicted octanol–water partition coefficient (Wildman–Crippen LogP) is 3.28. The van der Waals surface area contributed by atoms with Crippen molar-refractivity contribution in [3.8, 4) is 23.0 Å². The summed E-state index contributed by atoms with van der Waals surface area (Å²) < 4.78 is 21.8.